The number of halogens is 1. The van der Waals surface area contributed by atoms with Crippen molar-refractivity contribution < 1.29 is 19.4 Å². The van der Waals surface area contributed by atoms with E-state index in [9.17, 15) is 9.59 Å². The molecule has 0 unspecified atom stereocenters. The zero-order chi connectivity index (χ0) is 10.7. The summed E-state index contributed by atoms with van der Waals surface area (Å²) in [5.74, 6) is -1.83. The van der Waals surface area contributed by atoms with Crippen LogP contribution in [0.1, 0.15) is 20.7 Å². The Balaban J connectivity index is 3.35. The maximum Gasteiger partial charge on any atom is 0.338 e. The Morgan fingerprint density at radius 3 is 2.57 bits per heavy atom. The van der Waals surface area contributed by atoms with Crippen LogP contribution < -0.4 is 0 Å². The van der Waals surface area contributed by atoms with E-state index in [0.717, 1.165) is 0 Å². The largest absolute Gasteiger partial charge is 0.478 e. The van der Waals surface area contributed by atoms with Crippen LogP contribution in [0.15, 0.2) is 22.7 Å². The molecule has 0 saturated carbocycles. The third kappa shape index (κ3) is 1.93. The van der Waals surface area contributed by atoms with Crippen LogP contribution in [0.2, 0.25) is 0 Å². The van der Waals surface area contributed by atoms with E-state index in [1.54, 1.807) is 12.1 Å². The van der Waals surface area contributed by atoms with Gasteiger partial charge in [-0.25, -0.2) is 9.59 Å². The van der Waals surface area contributed by atoms with Crippen LogP contribution in [0.5, 0.6) is 0 Å². The zero-order valence-electron chi connectivity index (χ0n) is 7.28. The summed E-state index contributed by atoms with van der Waals surface area (Å²) in [6, 6.07) is 4.53. The van der Waals surface area contributed by atoms with Crippen LogP contribution in [-0.2, 0) is 4.74 Å². The van der Waals surface area contributed by atoms with Gasteiger partial charge in [-0.3, -0.25) is 0 Å². The summed E-state index contributed by atoms with van der Waals surface area (Å²) >= 11 is 3.06. The Bertz CT molecular complexity index is 386. The molecule has 74 valence electrons. The average molecular weight is 259 g/mol. The first-order valence-electron chi connectivity index (χ1n) is 3.68. The number of methoxy groups -OCH3 is 1. The van der Waals surface area contributed by atoms with Gasteiger partial charge >= 0.3 is 11.9 Å². The van der Waals surface area contributed by atoms with Crippen LogP contribution in [0.3, 0.4) is 0 Å². The molecule has 1 rings (SSSR count). The standard InChI is InChI=1S/C9H7BrO4/c1-14-9(13)5-3-2-4-6(10)7(5)8(11)12/h2-4H,1H3,(H,11,12). The molecule has 0 aliphatic heterocycles. The summed E-state index contributed by atoms with van der Waals surface area (Å²) in [5.41, 5.74) is -0.0475. The molecule has 0 bridgehead atoms. The number of carboxylic acids is 1. The van der Waals surface area contributed by atoms with Crippen LogP contribution in [0.4, 0.5) is 0 Å². The van der Waals surface area contributed by atoms with Crippen molar-refractivity contribution in [3.8, 4) is 0 Å². The molecule has 0 radical (unpaired) electrons. The highest BCUT2D eigenvalue weighted by atomic mass is 79.9. The fraction of sp³-hybridized carbons (Fsp3) is 0.111. The lowest BCUT2D eigenvalue weighted by Crippen LogP contribution is -2.10. The Kier molecular flexibility index (Phi) is 3.24. The quantitative estimate of drug-likeness (QED) is 0.824. The smallest absolute Gasteiger partial charge is 0.338 e. The van der Waals surface area contributed by atoms with E-state index < -0.39 is 11.9 Å². The molecule has 1 N–H and O–H groups in total. The van der Waals surface area contributed by atoms with Crippen molar-refractivity contribution in [3.05, 3.63) is 33.8 Å². The highest BCUT2D eigenvalue weighted by molar-refractivity contribution is 9.10. The highest BCUT2D eigenvalue weighted by Gasteiger charge is 2.19. The van der Waals surface area contributed by atoms with Gasteiger partial charge in [0.05, 0.1) is 18.2 Å². The first kappa shape index (κ1) is 10.7. The van der Waals surface area contributed by atoms with E-state index in [2.05, 4.69) is 20.7 Å². The number of hydrogen-bond acceptors (Lipinski definition) is 3. The van der Waals surface area contributed by atoms with Crippen molar-refractivity contribution in [2.75, 3.05) is 7.11 Å². The van der Waals surface area contributed by atoms with Gasteiger partial charge in [0.15, 0.2) is 0 Å². The predicted octanol–water partition coefficient (Wildman–Crippen LogP) is 1.93. The molecule has 0 fully saturated rings. The zero-order valence-corrected chi connectivity index (χ0v) is 8.87. The molecule has 0 aliphatic carbocycles. The number of carbonyl (C=O) groups excluding carboxylic acids is 1. The van der Waals surface area contributed by atoms with Crippen molar-refractivity contribution in [1.82, 2.24) is 0 Å². The molecular formula is C9H7BrO4. The molecule has 1 aromatic rings. The normalized spacial score (nSPS) is 9.57. The first-order chi connectivity index (χ1) is 6.57. The number of rotatable bonds is 2. The Hall–Kier alpha value is -1.36. The lowest BCUT2D eigenvalue weighted by atomic mass is 10.1. The third-order valence-corrected chi connectivity index (χ3v) is 2.29. The lowest BCUT2D eigenvalue weighted by Gasteiger charge is -2.05. The first-order valence-corrected chi connectivity index (χ1v) is 4.47. The number of aromatic carboxylic acids is 1. The fourth-order valence-electron chi connectivity index (χ4n) is 1.02. The van der Waals surface area contributed by atoms with Crippen LogP contribution in [0.25, 0.3) is 0 Å². The molecule has 14 heavy (non-hydrogen) atoms. The summed E-state index contributed by atoms with van der Waals surface area (Å²) < 4.78 is 4.81. The molecule has 0 heterocycles. The molecule has 0 aliphatic rings. The lowest BCUT2D eigenvalue weighted by molar-refractivity contribution is 0.0582. The van der Waals surface area contributed by atoms with Gasteiger partial charge in [-0.1, -0.05) is 6.07 Å². The summed E-state index contributed by atoms with van der Waals surface area (Å²) in [4.78, 5) is 22.0. The molecular weight excluding hydrogens is 252 g/mol. The highest BCUT2D eigenvalue weighted by Crippen LogP contribution is 2.21. The average Bonchev–Trinajstić information content (AvgIpc) is 2.15. The minimum absolute atomic E-state index is 0.0365. The van der Waals surface area contributed by atoms with E-state index in [1.165, 1.54) is 13.2 Å². The summed E-state index contributed by atoms with van der Waals surface area (Å²) in [7, 11) is 1.20. The second-order valence-electron chi connectivity index (χ2n) is 2.46. The Morgan fingerprint density at radius 2 is 2.07 bits per heavy atom. The molecule has 0 spiro atoms. The van der Waals surface area contributed by atoms with Gasteiger partial charge in [-0.05, 0) is 28.1 Å². The van der Waals surface area contributed by atoms with Crippen molar-refractivity contribution in [2.24, 2.45) is 0 Å². The number of hydrogen-bond donors (Lipinski definition) is 1. The molecule has 1 aromatic carbocycles. The van der Waals surface area contributed by atoms with Crippen LogP contribution >= 0.6 is 15.9 Å². The molecule has 0 atom stereocenters. The van der Waals surface area contributed by atoms with Gasteiger partial charge in [0.2, 0.25) is 0 Å². The number of benzene rings is 1. The third-order valence-electron chi connectivity index (χ3n) is 1.63. The number of carbonyl (C=O) groups is 2. The van der Waals surface area contributed by atoms with Crippen LogP contribution in [0, 0.1) is 0 Å². The van der Waals surface area contributed by atoms with Gasteiger partial charge in [0, 0.05) is 4.47 Å². The minimum atomic E-state index is -1.17. The number of esters is 1. The fourth-order valence-corrected chi connectivity index (χ4v) is 1.56. The van der Waals surface area contributed by atoms with Crippen molar-refractivity contribution >= 4 is 27.9 Å². The summed E-state index contributed by atoms with van der Waals surface area (Å²) in [6.45, 7) is 0. The molecule has 0 saturated heterocycles. The van der Waals surface area contributed by atoms with Gasteiger partial charge < -0.3 is 9.84 Å². The monoisotopic (exact) mass is 258 g/mol. The topological polar surface area (TPSA) is 63.6 Å². The second-order valence-corrected chi connectivity index (χ2v) is 3.31. The van der Waals surface area contributed by atoms with Gasteiger partial charge in [0.1, 0.15) is 0 Å². The van der Waals surface area contributed by atoms with Gasteiger partial charge in [-0.2, -0.15) is 0 Å². The molecule has 5 heteroatoms. The minimum Gasteiger partial charge on any atom is -0.478 e. The van der Waals surface area contributed by atoms with E-state index >= 15 is 0 Å². The summed E-state index contributed by atoms with van der Waals surface area (Å²) in [5, 5.41) is 8.85. The SMILES string of the molecule is COC(=O)c1cccc(Br)c1C(=O)O. The van der Waals surface area contributed by atoms with Crippen molar-refractivity contribution in [3.63, 3.8) is 0 Å². The molecule has 4 nitrogen and oxygen atoms in total. The second kappa shape index (κ2) is 4.23. The maximum absolute atomic E-state index is 11.2. The van der Waals surface area contributed by atoms with E-state index in [-0.39, 0.29) is 11.1 Å². The van der Waals surface area contributed by atoms with Crippen molar-refractivity contribution in [1.29, 1.82) is 0 Å². The maximum atomic E-state index is 11.2. The van der Waals surface area contributed by atoms with Gasteiger partial charge in [-0.15, -0.1) is 0 Å². The molecule has 0 amide bonds. The predicted molar refractivity (Wildman–Crippen MR) is 52.4 cm³/mol. The van der Waals surface area contributed by atoms with Crippen molar-refractivity contribution in [2.45, 2.75) is 0 Å². The van der Waals surface area contributed by atoms with Gasteiger partial charge in [0.25, 0.3) is 0 Å². The number of ether oxygens (including phenoxy) is 1. The van der Waals surface area contributed by atoms with E-state index in [1.807, 2.05) is 0 Å². The van der Waals surface area contributed by atoms with E-state index in [0.29, 0.717) is 4.47 Å². The summed E-state index contributed by atoms with van der Waals surface area (Å²) in [6.07, 6.45) is 0. The Morgan fingerprint density at radius 1 is 1.43 bits per heavy atom. The van der Waals surface area contributed by atoms with Crippen LogP contribution in [-0.4, -0.2) is 24.2 Å². The Labute approximate surface area is 88.6 Å². The molecule has 0 aromatic heterocycles. The van der Waals surface area contributed by atoms with E-state index in [4.69, 9.17) is 5.11 Å². The number of carboxylic acid groups (broad SMARTS) is 1.